The second kappa shape index (κ2) is 6.66. The second-order valence-electron chi connectivity index (χ2n) is 5.58. The summed E-state index contributed by atoms with van der Waals surface area (Å²) >= 11 is 0. The van der Waals surface area contributed by atoms with E-state index in [1.807, 2.05) is 0 Å². The standard InChI is InChI=1S/C15H21F3N2O/c1-11-5-4-8-20(10-11)13(9-19)12-6-2-3-7-14(12)21-15(16,17)18/h2-3,6-7,11,13H,4-5,8-10,19H2,1H3. The van der Waals surface area contributed by atoms with Crippen molar-refractivity contribution in [3.8, 4) is 5.75 Å². The van der Waals surface area contributed by atoms with E-state index in [1.54, 1.807) is 12.1 Å². The van der Waals surface area contributed by atoms with Crippen LogP contribution >= 0.6 is 0 Å². The van der Waals surface area contributed by atoms with Crippen LogP contribution in [0.4, 0.5) is 13.2 Å². The first-order valence-corrected chi connectivity index (χ1v) is 7.19. The summed E-state index contributed by atoms with van der Waals surface area (Å²) in [7, 11) is 0. The summed E-state index contributed by atoms with van der Waals surface area (Å²) < 4.78 is 41.7. The Bertz CT molecular complexity index is 464. The van der Waals surface area contributed by atoms with Crippen molar-refractivity contribution >= 4 is 0 Å². The largest absolute Gasteiger partial charge is 0.573 e. The molecule has 21 heavy (non-hydrogen) atoms. The molecule has 1 aliphatic rings. The summed E-state index contributed by atoms with van der Waals surface area (Å²) in [5, 5.41) is 0. The Labute approximate surface area is 122 Å². The monoisotopic (exact) mass is 302 g/mol. The lowest BCUT2D eigenvalue weighted by Gasteiger charge is -2.37. The molecular weight excluding hydrogens is 281 g/mol. The topological polar surface area (TPSA) is 38.5 Å². The molecule has 6 heteroatoms. The van der Waals surface area contributed by atoms with Gasteiger partial charge in [-0.3, -0.25) is 4.90 Å². The predicted molar refractivity (Wildman–Crippen MR) is 74.9 cm³/mol. The highest BCUT2D eigenvalue weighted by Gasteiger charge is 2.34. The van der Waals surface area contributed by atoms with Gasteiger partial charge in [0.05, 0.1) is 6.04 Å². The minimum Gasteiger partial charge on any atom is -0.405 e. The molecule has 0 bridgehead atoms. The molecule has 0 aliphatic carbocycles. The summed E-state index contributed by atoms with van der Waals surface area (Å²) in [6, 6.07) is 6.02. The fourth-order valence-corrected chi connectivity index (χ4v) is 2.96. The summed E-state index contributed by atoms with van der Waals surface area (Å²) in [4.78, 5) is 2.16. The number of hydrogen-bond acceptors (Lipinski definition) is 3. The van der Waals surface area contributed by atoms with Gasteiger partial charge in [-0.25, -0.2) is 0 Å². The molecule has 1 heterocycles. The summed E-state index contributed by atoms with van der Waals surface area (Å²) in [5.41, 5.74) is 6.34. The Morgan fingerprint density at radius 3 is 2.71 bits per heavy atom. The molecule has 3 nitrogen and oxygen atoms in total. The lowest BCUT2D eigenvalue weighted by Crippen LogP contribution is -2.40. The summed E-state index contributed by atoms with van der Waals surface area (Å²) in [6.07, 6.45) is -2.50. The van der Waals surface area contributed by atoms with E-state index < -0.39 is 6.36 Å². The third-order valence-corrected chi connectivity index (χ3v) is 3.86. The predicted octanol–water partition coefficient (Wildman–Crippen LogP) is 3.32. The molecule has 1 saturated heterocycles. The number of halogens is 3. The third-order valence-electron chi connectivity index (χ3n) is 3.86. The molecule has 1 aromatic rings. The van der Waals surface area contributed by atoms with Gasteiger partial charge in [-0.05, 0) is 31.4 Å². The highest BCUT2D eigenvalue weighted by Crippen LogP contribution is 2.34. The van der Waals surface area contributed by atoms with Crippen LogP contribution in [0.3, 0.4) is 0 Å². The number of nitrogens with zero attached hydrogens (tertiary/aromatic N) is 1. The van der Waals surface area contributed by atoms with Crippen molar-refractivity contribution < 1.29 is 17.9 Å². The first-order chi connectivity index (χ1) is 9.90. The fourth-order valence-electron chi connectivity index (χ4n) is 2.96. The molecule has 0 radical (unpaired) electrons. The van der Waals surface area contributed by atoms with E-state index >= 15 is 0 Å². The molecule has 0 saturated carbocycles. The van der Waals surface area contributed by atoms with Crippen molar-refractivity contribution in [1.29, 1.82) is 0 Å². The Morgan fingerprint density at radius 1 is 1.38 bits per heavy atom. The van der Waals surface area contributed by atoms with Gasteiger partial charge in [0.15, 0.2) is 0 Å². The number of rotatable bonds is 4. The Balaban J connectivity index is 2.25. The molecule has 2 unspecified atom stereocenters. The number of alkyl halides is 3. The highest BCUT2D eigenvalue weighted by molar-refractivity contribution is 5.36. The van der Waals surface area contributed by atoms with Gasteiger partial charge in [-0.1, -0.05) is 25.1 Å². The number of nitrogens with two attached hydrogens (primary N) is 1. The van der Waals surface area contributed by atoms with Gasteiger partial charge in [-0.15, -0.1) is 13.2 Å². The molecule has 0 aromatic heterocycles. The normalized spacial score (nSPS) is 22.0. The number of piperidine rings is 1. The van der Waals surface area contributed by atoms with Gasteiger partial charge in [-0.2, -0.15) is 0 Å². The lowest BCUT2D eigenvalue weighted by molar-refractivity contribution is -0.275. The second-order valence-corrected chi connectivity index (χ2v) is 5.58. The van der Waals surface area contributed by atoms with E-state index in [-0.39, 0.29) is 18.3 Å². The van der Waals surface area contributed by atoms with Crippen LogP contribution < -0.4 is 10.5 Å². The molecule has 1 aliphatic heterocycles. The zero-order chi connectivity index (χ0) is 15.5. The van der Waals surface area contributed by atoms with Crippen molar-refractivity contribution in [2.24, 2.45) is 11.7 Å². The van der Waals surface area contributed by atoms with Gasteiger partial charge in [0.2, 0.25) is 0 Å². The van der Waals surface area contributed by atoms with Gasteiger partial charge in [0.25, 0.3) is 0 Å². The highest BCUT2D eigenvalue weighted by atomic mass is 19.4. The smallest absolute Gasteiger partial charge is 0.405 e. The van der Waals surface area contributed by atoms with Crippen LogP contribution in [0.1, 0.15) is 31.4 Å². The zero-order valence-electron chi connectivity index (χ0n) is 12.1. The van der Waals surface area contributed by atoms with E-state index in [9.17, 15) is 13.2 Å². The number of benzene rings is 1. The summed E-state index contributed by atoms with van der Waals surface area (Å²) in [5.74, 6) is 0.377. The van der Waals surface area contributed by atoms with Crippen LogP contribution in [-0.4, -0.2) is 30.9 Å². The van der Waals surface area contributed by atoms with Crippen molar-refractivity contribution in [3.05, 3.63) is 29.8 Å². The molecule has 1 aromatic carbocycles. The molecule has 118 valence electrons. The summed E-state index contributed by atoms with van der Waals surface area (Å²) in [6.45, 7) is 4.12. The van der Waals surface area contributed by atoms with E-state index in [4.69, 9.17) is 5.73 Å². The van der Waals surface area contributed by atoms with Crippen molar-refractivity contribution in [2.75, 3.05) is 19.6 Å². The number of ether oxygens (including phenoxy) is 1. The van der Waals surface area contributed by atoms with Crippen LogP contribution in [0.25, 0.3) is 0 Å². The molecule has 0 amide bonds. The quantitative estimate of drug-likeness (QED) is 0.927. The van der Waals surface area contributed by atoms with Crippen LogP contribution in [0.5, 0.6) is 5.75 Å². The average molecular weight is 302 g/mol. The molecule has 1 fully saturated rings. The minimum atomic E-state index is -4.69. The van der Waals surface area contributed by atoms with Crippen LogP contribution in [0.15, 0.2) is 24.3 Å². The SMILES string of the molecule is CC1CCCN(C(CN)c2ccccc2OC(F)(F)F)C1. The third kappa shape index (κ3) is 4.35. The molecule has 0 spiro atoms. The van der Waals surface area contributed by atoms with E-state index in [2.05, 4.69) is 16.6 Å². The first kappa shape index (κ1) is 16.1. The lowest BCUT2D eigenvalue weighted by atomic mass is 9.96. The first-order valence-electron chi connectivity index (χ1n) is 7.19. The maximum Gasteiger partial charge on any atom is 0.573 e. The average Bonchev–Trinajstić information content (AvgIpc) is 2.40. The van der Waals surface area contributed by atoms with E-state index in [0.717, 1.165) is 25.9 Å². The van der Waals surface area contributed by atoms with Gasteiger partial charge < -0.3 is 10.5 Å². The molecule has 2 N–H and O–H groups in total. The Kier molecular flexibility index (Phi) is 5.11. The van der Waals surface area contributed by atoms with Gasteiger partial charge in [0, 0.05) is 18.7 Å². The van der Waals surface area contributed by atoms with Gasteiger partial charge >= 0.3 is 6.36 Å². The molecular formula is C15H21F3N2O. The van der Waals surface area contributed by atoms with E-state index in [0.29, 0.717) is 11.5 Å². The number of likely N-dealkylation sites (tertiary alicyclic amines) is 1. The fraction of sp³-hybridized carbons (Fsp3) is 0.600. The van der Waals surface area contributed by atoms with E-state index in [1.165, 1.54) is 12.1 Å². The van der Waals surface area contributed by atoms with Crippen LogP contribution in [-0.2, 0) is 0 Å². The number of para-hydroxylation sites is 1. The Hall–Kier alpha value is -1.27. The van der Waals surface area contributed by atoms with Crippen molar-refractivity contribution in [2.45, 2.75) is 32.2 Å². The maximum atomic E-state index is 12.5. The van der Waals surface area contributed by atoms with Crippen LogP contribution in [0.2, 0.25) is 0 Å². The van der Waals surface area contributed by atoms with Crippen molar-refractivity contribution in [3.63, 3.8) is 0 Å². The number of hydrogen-bond donors (Lipinski definition) is 1. The maximum absolute atomic E-state index is 12.5. The zero-order valence-corrected chi connectivity index (χ0v) is 12.1. The van der Waals surface area contributed by atoms with Crippen molar-refractivity contribution in [1.82, 2.24) is 4.90 Å². The van der Waals surface area contributed by atoms with Crippen LogP contribution in [0, 0.1) is 5.92 Å². The molecule has 2 atom stereocenters. The minimum absolute atomic E-state index is 0.154. The van der Waals surface area contributed by atoms with Gasteiger partial charge in [0.1, 0.15) is 5.75 Å². The molecule has 2 rings (SSSR count). The Morgan fingerprint density at radius 2 is 2.10 bits per heavy atom.